The molecule has 2 aromatic heterocycles. The van der Waals surface area contributed by atoms with Crippen molar-refractivity contribution >= 4 is 35.0 Å². The molecule has 0 aliphatic carbocycles. The van der Waals surface area contributed by atoms with E-state index in [1.165, 1.54) is 18.2 Å². The van der Waals surface area contributed by atoms with Gasteiger partial charge in [0.15, 0.2) is 5.82 Å². The van der Waals surface area contributed by atoms with Gasteiger partial charge in [0.25, 0.3) is 0 Å². The van der Waals surface area contributed by atoms with E-state index in [-0.39, 0.29) is 12.3 Å². The number of halogens is 1. The Morgan fingerprint density at radius 3 is 2.47 bits per heavy atom. The van der Waals surface area contributed by atoms with E-state index in [0.717, 1.165) is 11.3 Å². The maximum atomic E-state index is 13.3. The summed E-state index contributed by atoms with van der Waals surface area (Å²) in [4.78, 5) is 25.2. The lowest BCUT2D eigenvalue weighted by molar-refractivity contribution is -0.115. The molecule has 4 aromatic rings. The van der Waals surface area contributed by atoms with Gasteiger partial charge in [-0.2, -0.15) is 20.1 Å². The average molecular weight is 432 g/mol. The molecule has 0 spiro atoms. The van der Waals surface area contributed by atoms with Crippen molar-refractivity contribution < 1.29 is 9.18 Å². The lowest BCUT2D eigenvalue weighted by atomic mass is 10.2. The molecule has 0 unspecified atom stereocenters. The van der Waals surface area contributed by atoms with Crippen molar-refractivity contribution in [2.75, 3.05) is 16.0 Å². The van der Waals surface area contributed by atoms with Crippen LogP contribution in [-0.4, -0.2) is 31.1 Å². The monoisotopic (exact) mass is 432 g/mol. The van der Waals surface area contributed by atoms with Crippen molar-refractivity contribution in [3.05, 3.63) is 77.5 Å². The van der Waals surface area contributed by atoms with Gasteiger partial charge >= 0.3 is 0 Å². The Labute approximate surface area is 183 Å². The number of nitrogens with one attached hydrogen (secondary N) is 4. The molecule has 9 nitrogen and oxygen atoms in total. The minimum Gasteiger partial charge on any atom is -0.326 e. The quantitative estimate of drug-likeness (QED) is 0.348. The molecule has 4 N–H and O–H groups in total. The Hall–Kier alpha value is -4.34. The molecular formula is C22H21FN8O. The topological polar surface area (TPSA) is 121 Å². The molecule has 10 heteroatoms. The van der Waals surface area contributed by atoms with Gasteiger partial charge in [0.2, 0.25) is 17.8 Å². The molecule has 162 valence electrons. The zero-order valence-electron chi connectivity index (χ0n) is 17.5. The highest BCUT2D eigenvalue weighted by molar-refractivity contribution is 5.92. The highest BCUT2D eigenvalue weighted by Crippen LogP contribution is 2.18. The van der Waals surface area contributed by atoms with Gasteiger partial charge in [-0.1, -0.05) is 18.2 Å². The number of carbonyl (C=O) groups is 1. The number of aromatic amines is 1. The van der Waals surface area contributed by atoms with Gasteiger partial charge < -0.3 is 16.0 Å². The van der Waals surface area contributed by atoms with E-state index < -0.39 is 5.82 Å². The lowest BCUT2D eigenvalue weighted by Gasteiger charge is -2.08. The summed E-state index contributed by atoms with van der Waals surface area (Å²) in [5.74, 6) is 0.977. The molecule has 32 heavy (non-hydrogen) atoms. The second kappa shape index (κ2) is 9.21. The van der Waals surface area contributed by atoms with Crippen molar-refractivity contribution in [1.82, 2.24) is 25.1 Å². The van der Waals surface area contributed by atoms with Crippen molar-refractivity contribution in [2.24, 2.45) is 0 Å². The van der Waals surface area contributed by atoms with Crippen LogP contribution in [0.5, 0.6) is 0 Å². The first-order valence-corrected chi connectivity index (χ1v) is 9.86. The Morgan fingerprint density at radius 2 is 1.69 bits per heavy atom. The highest BCUT2D eigenvalue weighted by Gasteiger charge is 2.10. The normalized spacial score (nSPS) is 10.6. The Morgan fingerprint density at radius 1 is 0.938 bits per heavy atom. The molecule has 2 heterocycles. The van der Waals surface area contributed by atoms with E-state index >= 15 is 0 Å². The van der Waals surface area contributed by atoms with Gasteiger partial charge in [-0.3, -0.25) is 9.89 Å². The van der Waals surface area contributed by atoms with Crippen LogP contribution in [0.4, 0.5) is 33.5 Å². The molecule has 0 aliphatic heterocycles. The first kappa shape index (κ1) is 20.9. The maximum absolute atomic E-state index is 13.3. The summed E-state index contributed by atoms with van der Waals surface area (Å²) in [6.45, 7) is 3.77. The minimum atomic E-state index is -0.417. The number of benzene rings is 2. The number of carbonyl (C=O) groups excluding carboxylic acids is 1. The predicted octanol–water partition coefficient (Wildman–Crippen LogP) is 4.02. The van der Waals surface area contributed by atoms with Gasteiger partial charge in [0, 0.05) is 23.1 Å². The number of amides is 1. The molecule has 1 amide bonds. The van der Waals surface area contributed by atoms with E-state index in [2.05, 4.69) is 41.1 Å². The summed E-state index contributed by atoms with van der Waals surface area (Å²) in [5.41, 5.74) is 2.95. The third-order valence-electron chi connectivity index (χ3n) is 4.35. The van der Waals surface area contributed by atoms with E-state index in [9.17, 15) is 9.18 Å². The van der Waals surface area contributed by atoms with E-state index in [1.54, 1.807) is 19.1 Å². The fraction of sp³-hybridized carbons (Fsp3) is 0.136. The zero-order chi connectivity index (χ0) is 22.5. The van der Waals surface area contributed by atoms with Gasteiger partial charge in [0.1, 0.15) is 11.6 Å². The smallest absolute Gasteiger partial charge is 0.233 e. The Balaban J connectivity index is 1.40. The molecule has 0 atom stereocenters. The number of hydrogen-bond donors (Lipinski definition) is 4. The fourth-order valence-corrected chi connectivity index (χ4v) is 3.02. The summed E-state index contributed by atoms with van der Waals surface area (Å²) in [7, 11) is 0. The lowest BCUT2D eigenvalue weighted by Crippen LogP contribution is -2.14. The highest BCUT2D eigenvalue weighted by atomic mass is 19.1. The standard InChI is InChI=1S/C22H21FN8O/c1-13-5-3-7-16(9-13)27-21-24-14(2)25-22(29-21)28-19-11-18(30-31-19)12-20(32)26-17-8-4-6-15(23)10-17/h3-11H,12H2,1-2H3,(H,26,32)(H3,24,25,27,28,29,30,31). The molecule has 4 rings (SSSR count). The zero-order valence-corrected chi connectivity index (χ0v) is 17.5. The number of anilines is 5. The fourth-order valence-electron chi connectivity index (χ4n) is 3.02. The molecule has 0 aliphatic rings. The number of rotatable bonds is 7. The third-order valence-corrected chi connectivity index (χ3v) is 4.35. The molecule has 0 saturated carbocycles. The van der Waals surface area contributed by atoms with Gasteiger partial charge in [-0.25, -0.2) is 4.39 Å². The van der Waals surface area contributed by atoms with Crippen molar-refractivity contribution in [2.45, 2.75) is 20.3 Å². The Kier molecular flexibility index (Phi) is 6.02. The van der Waals surface area contributed by atoms with Crippen LogP contribution in [0.15, 0.2) is 54.6 Å². The van der Waals surface area contributed by atoms with Gasteiger partial charge in [0.05, 0.1) is 6.42 Å². The van der Waals surface area contributed by atoms with Crippen LogP contribution in [0, 0.1) is 19.7 Å². The van der Waals surface area contributed by atoms with E-state index in [1.807, 2.05) is 31.2 Å². The van der Waals surface area contributed by atoms with Gasteiger partial charge in [-0.15, -0.1) is 0 Å². The summed E-state index contributed by atoms with van der Waals surface area (Å²) >= 11 is 0. The molecule has 0 bridgehead atoms. The van der Waals surface area contributed by atoms with Crippen LogP contribution in [0.1, 0.15) is 17.1 Å². The van der Waals surface area contributed by atoms with Crippen molar-refractivity contribution in [1.29, 1.82) is 0 Å². The Bertz CT molecular complexity index is 1260. The first-order chi connectivity index (χ1) is 15.4. The predicted molar refractivity (Wildman–Crippen MR) is 120 cm³/mol. The van der Waals surface area contributed by atoms with Crippen molar-refractivity contribution in [3.63, 3.8) is 0 Å². The maximum Gasteiger partial charge on any atom is 0.233 e. The van der Waals surface area contributed by atoms with E-state index in [0.29, 0.717) is 34.9 Å². The molecule has 0 fully saturated rings. The first-order valence-electron chi connectivity index (χ1n) is 9.86. The average Bonchev–Trinajstić information content (AvgIpc) is 3.14. The van der Waals surface area contributed by atoms with Crippen LogP contribution in [0.3, 0.4) is 0 Å². The molecule has 2 aromatic carbocycles. The number of nitrogens with zero attached hydrogens (tertiary/aromatic N) is 4. The summed E-state index contributed by atoms with van der Waals surface area (Å²) in [6, 6.07) is 15.3. The number of aryl methyl sites for hydroxylation is 2. The van der Waals surface area contributed by atoms with Crippen LogP contribution in [-0.2, 0) is 11.2 Å². The van der Waals surface area contributed by atoms with Crippen LogP contribution >= 0.6 is 0 Å². The van der Waals surface area contributed by atoms with Crippen LogP contribution in [0.25, 0.3) is 0 Å². The SMILES string of the molecule is Cc1cccc(Nc2nc(C)nc(Nc3cc(CC(=O)Nc4cccc(F)c4)[nH]n3)n2)c1. The molecule has 0 radical (unpaired) electrons. The third kappa shape index (κ3) is 5.63. The summed E-state index contributed by atoms with van der Waals surface area (Å²) in [5, 5.41) is 15.8. The second-order valence-electron chi connectivity index (χ2n) is 7.16. The van der Waals surface area contributed by atoms with Gasteiger partial charge in [-0.05, 0) is 49.7 Å². The number of H-pyrrole nitrogens is 1. The minimum absolute atomic E-state index is 0.0432. The largest absolute Gasteiger partial charge is 0.326 e. The molecular weight excluding hydrogens is 411 g/mol. The van der Waals surface area contributed by atoms with E-state index in [4.69, 9.17) is 0 Å². The second-order valence-corrected chi connectivity index (χ2v) is 7.16. The number of aromatic nitrogens is 5. The van der Waals surface area contributed by atoms with Crippen molar-refractivity contribution in [3.8, 4) is 0 Å². The summed E-state index contributed by atoms with van der Waals surface area (Å²) < 4.78 is 13.3. The number of hydrogen-bond acceptors (Lipinski definition) is 7. The van der Waals surface area contributed by atoms with Crippen LogP contribution < -0.4 is 16.0 Å². The summed E-state index contributed by atoms with van der Waals surface area (Å²) in [6.07, 6.45) is 0.0432. The molecule has 0 saturated heterocycles. The van der Waals surface area contributed by atoms with Crippen LogP contribution in [0.2, 0.25) is 0 Å².